The van der Waals surface area contributed by atoms with E-state index >= 15 is 0 Å². The highest BCUT2D eigenvalue weighted by molar-refractivity contribution is 5.95. The van der Waals surface area contributed by atoms with Crippen LogP contribution in [0.1, 0.15) is 16.7 Å². The zero-order chi connectivity index (χ0) is 21.1. The number of nitriles is 1. The Morgan fingerprint density at radius 3 is 2.30 bits per heavy atom. The number of rotatable bonds is 6. The van der Waals surface area contributed by atoms with Gasteiger partial charge < -0.3 is 18.0 Å². The van der Waals surface area contributed by atoms with E-state index in [1.165, 1.54) is 12.5 Å². The normalized spacial score (nSPS) is 10.6. The highest BCUT2D eigenvalue weighted by Crippen LogP contribution is 2.41. The van der Waals surface area contributed by atoms with Crippen LogP contribution in [0.2, 0.25) is 0 Å². The molecular formula is C23H18N2O5. The van der Waals surface area contributed by atoms with Crippen LogP contribution in [0.15, 0.2) is 68.2 Å². The van der Waals surface area contributed by atoms with Crippen molar-refractivity contribution in [2.24, 2.45) is 0 Å². The fraction of sp³-hybridized carbons (Fsp3) is 0.130. The number of para-hydroxylation sites is 1. The minimum Gasteiger partial charge on any atom is -0.483 e. The second kappa shape index (κ2) is 8.05. The highest BCUT2D eigenvalue weighted by Gasteiger charge is 2.27. The average Bonchev–Trinajstić information content (AvgIpc) is 3.47. The Labute approximate surface area is 172 Å². The van der Waals surface area contributed by atoms with Gasteiger partial charge in [0.25, 0.3) is 5.91 Å². The van der Waals surface area contributed by atoms with Crippen LogP contribution in [-0.2, 0) is 4.79 Å². The number of aryl methyl sites for hydroxylation is 2. The Morgan fingerprint density at radius 2 is 1.70 bits per heavy atom. The standard InChI is InChI=1S/C23H18N2O5/c1-14-6-3-7-15(2)21(14)29-13-19(26)25-23-16(12-24)20(17-8-4-10-27-17)22(30-23)18-9-5-11-28-18/h3-11H,13H2,1-2H3,(H,25,26). The van der Waals surface area contributed by atoms with Crippen molar-refractivity contribution in [2.45, 2.75) is 13.8 Å². The van der Waals surface area contributed by atoms with Crippen LogP contribution in [0, 0.1) is 25.2 Å². The molecule has 0 aliphatic carbocycles. The van der Waals surface area contributed by atoms with E-state index in [2.05, 4.69) is 11.4 Å². The minimum atomic E-state index is -0.458. The molecule has 7 heteroatoms. The predicted octanol–water partition coefficient (Wildman–Crippen LogP) is 5.31. The molecule has 0 unspecified atom stereocenters. The van der Waals surface area contributed by atoms with Crippen molar-refractivity contribution in [3.8, 4) is 34.7 Å². The number of furan rings is 3. The summed E-state index contributed by atoms with van der Waals surface area (Å²) in [7, 11) is 0. The largest absolute Gasteiger partial charge is 0.483 e. The number of nitrogens with one attached hydrogen (secondary N) is 1. The monoisotopic (exact) mass is 402 g/mol. The summed E-state index contributed by atoms with van der Waals surface area (Å²) < 4.78 is 22.4. The molecule has 4 aromatic rings. The van der Waals surface area contributed by atoms with Gasteiger partial charge in [0, 0.05) is 0 Å². The van der Waals surface area contributed by atoms with Gasteiger partial charge >= 0.3 is 0 Å². The van der Waals surface area contributed by atoms with Crippen LogP contribution >= 0.6 is 0 Å². The Bertz CT molecular complexity index is 1190. The first-order chi connectivity index (χ1) is 14.6. The first-order valence-corrected chi connectivity index (χ1v) is 9.22. The lowest BCUT2D eigenvalue weighted by Gasteiger charge is -2.11. The molecule has 3 heterocycles. The number of hydrogen-bond donors (Lipinski definition) is 1. The van der Waals surface area contributed by atoms with E-state index in [0.717, 1.165) is 11.1 Å². The molecule has 3 aromatic heterocycles. The first-order valence-electron chi connectivity index (χ1n) is 9.22. The van der Waals surface area contributed by atoms with E-state index in [4.69, 9.17) is 18.0 Å². The van der Waals surface area contributed by atoms with Crippen LogP contribution in [0.5, 0.6) is 5.75 Å². The number of amides is 1. The van der Waals surface area contributed by atoms with Gasteiger partial charge in [-0.3, -0.25) is 10.1 Å². The first kappa shape index (κ1) is 19.2. The van der Waals surface area contributed by atoms with E-state index in [-0.39, 0.29) is 23.8 Å². The van der Waals surface area contributed by atoms with Crippen LogP contribution in [0.4, 0.5) is 5.88 Å². The molecule has 0 radical (unpaired) electrons. The molecule has 0 saturated heterocycles. The van der Waals surface area contributed by atoms with Gasteiger partial charge in [-0.25, -0.2) is 0 Å². The Morgan fingerprint density at radius 1 is 1.03 bits per heavy atom. The van der Waals surface area contributed by atoms with Crippen molar-refractivity contribution in [2.75, 3.05) is 11.9 Å². The molecule has 4 rings (SSSR count). The smallest absolute Gasteiger partial charge is 0.264 e. The maximum Gasteiger partial charge on any atom is 0.264 e. The third-order valence-electron chi connectivity index (χ3n) is 4.54. The lowest BCUT2D eigenvalue weighted by atomic mass is 10.1. The lowest BCUT2D eigenvalue weighted by Crippen LogP contribution is -2.20. The quantitative estimate of drug-likeness (QED) is 0.469. The van der Waals surface area contributed by atoms with Gasteiger partial charge in [0.05, 0.1) is 18.1 Å². The molecule has 7 nitrogen and oxygen atoms in total. The maximum absolute atomic E-state index is 12.5. The molecule has 1 aromatic carbocycles. The summed E-state index contributed by atoms with van der Waals surface area (Å²) >= 11 is 0. The van der Waals surface area contributed by atoms with Gasteiger partial charge in [0.15, 0.2) is 18.1 Å². The fourth-order valence-corrected chi connectivity index (χ4v) is 3.19. The van der Waals surface area contributed by atoms with Gasteiger partial charge in [-0.05, 0) is 49.2 Å². The van der Waals surface area contributed by atoms with Crippen molar-refractivity contribution in [1.82, 2.24) is 0 Å². The molecule has 0 spiro atoms. The maximum atomic E-state index is 12.5. The summed E-state index contributed by atoms with van der Waals surface area (Å²) in [5.74, 6) is 1.32. The molecule has 0 aliphatic rings. The summed E-state index contributed by atoms with van der Waals surface area (Å²) in [6, 6.07) is 14.6. The van der Waals surface area contributed by atoms with E-state index < -0.39 is 5.91 Å². The molecule has 0 saturated carbocycles. The van der Waals surface area contributed by atoms with Crippen LogP contribution in [0.3, 0.4) is 0 Å². The minimum absolute atomic E-state index is 0.00501. The zero-order valence-electron chi connectivity index (χ0n) is 16.4. The summed E-state index contributed by atoms with van der Waals surface area (Å²) in [6.45, 7) is 3.58. The van der Waals surface area contributed by atoms with Crippen LogP contribution in [-0.4, -0.2) is 12.5 Å². The number of ether oxygens (including phenoxy) is 1. The number of nitrogens with zero attached hydrogens (tertiary/aromatic N) is 1. The molecule has 0 aliphatic heterocycles. The van der Waals surface area contributed by atoms with Crippen LogP contribution < -0.4 is 10.1 Å². The van der Waals surface area contributed by atoms with E-state index in [1.54, 1.807) is 24.3 Å². The summed E-state index contributed by atoms with van der Waals surface area (Å²) in [5.41, 5.74) is 2.40. The molecule has 150 valence electrons. The van der Waals surface area contributed by atoms with E-state index in [0.29, 0.717) is 22.8 Å². The Hall–Kier alpha value is -4.18. The summed E-state index contributed by atoms with van der Waals surface area (Å²) in [5, 5.41) is 12.4. The third-order valence-corrected chi connectivity index (χ3v) is 4.54. The molecule has 0 bridgehead atoms. The summed E-state index contributed by atoms with van der Waals surface area (Å²) in [6.07, 6.45) is 2.98. The number of hydrogen-bond acceptors (Lipinski definition) is 6. The Kier molecular flexibility index (Phi) is 5.14. The predicted molar refractivity (Wildman–Crippen MR) is 109 cm³/mol. The van der Waals surface area contributed by atoms with E-state index in [9.17, 15) is 10.1 Å². The van der Waals surface area contributed by atoms with Gasteiger partial charge in [-0.1, -0.05) is 18.2 Å². The van der Waals surface area contributed by atoms with Crippen molar-refractivity contribution >= 4 is 11.8 Å². The molecule has 1 amide bonds. The van der Waals surface area contributed by atoms with E-state index in [1.807, 2.05) is 32.0 Å². The lowest BCUT2D eigenvalue weighted by molar-refractivity contribution is -0.118. The van der Waals surface area contributed by atoms with Gasteiger partial charge in [0.1, 0.15) is 23.1 Å². The Balaban J connectivity index is 1.62. The molecule has 1 N–H and O–H groups in total. The average molecular weight is 402 g/mol. The highest BCUT2D eigenvalue weighted by atomic mass is 16.5. The molecule has 0 atom stereocenters. The molecule has 0 fully saturated rings. The number of carbonyl (C=O) groups excluding carboxylic acids is 1. The topological polar surface area (TPSA) is 102 Å². The van der Waals surface area contributed by atoms with Crippen molar-refractivity contribution in [3.63, 3.8) is 0 Å². The molecule has 30 heavy (non-hydrogen) atoms. The SMILES string of the molecule is Cc1cccc(C)c1OCC(=O)Nc1oc(-c2ccco2)c(-c2ccco2)c1C#N. The zero-order valence-corrected chi connectivity index (χ0v) is 16.4. The number of anilines is 1. The van der Waals surface area contributed by atoms with Crippen molar-refractivity contribution < 1.29 is 22.8 Å². The van der Waals surface area contributed by atoms with Crippen molar-refractivity contribution in [1.29, 1.82) is 5.26 Å². The van der Waals surface area contributed by atoms with Gasteiger partial charge in [0.2, 0.25) is 5.88 Å². The molecular weight excluding hydrogens is 384 g/mol. The summed E-state index contributed by atoms with van der Waals surface area (Å²) in [4.78, 5) is 12.5. The van der Waals surface area contributed by atoms with Crippen LogP contribution in [0.25, 0.3) is 22.8 Å². The second-order valence-corrected chi connectivity index (χ2v) is 6.63. The fourth-order valence-electron chi connectivity index (χ4n) is 3.19. The van der Waals surface area contributed by atoms with Crippen molar-refractivity contribution in [3.05, 3.63) is 71.7 Å². The number of carbonyl (C=O) groups is 1. The third kappa shape index (κ3) is 3.59. The van der Waals surface area contributed by atoms with Gasteiger partial charge in [-0.2, -0.15) is 5.26 Å². The number of benzene rings is 1. The second-order valence-electron chi connectivity index (χ2n) is 6.63. The van der Waals surface area contributed by atoms with Gasteiger partial charge in [-0.15, -0.1) is 0 Å².